The average molecular weight is 374 g/mol. The van der Waals surface area contributed by atoms with Gasteiger partial charge in [-0.1, -0.05) is 6.07 Å². The quantitative estimate of drug-likeness (QED) is 0.521. The first-order valence-electron chi connectivity index (χ1n) is 5.44. The number of benzene rings is 1. The van der Waals surface area contributed by atoms with Crippen LogP contribution in [0.1, 0.15) is 0 Å². The van der Waals surface area contributed by atoms with E-state index < -0.39 is 11.6 Å². The molecule has 0 fully saturated rings. The third-order valence-corrected chi connectivity index (χ3v) is 4.39. The molecule has 1 N–H and O–H groups in total. The molecule has 20 heavy (non-hydrogen) atoms. The van der Waals surface area contributed by atoms with E-state index in [9.17, 15) is 8.78 Å². The minimum absolute atomic E-state index is 0.139. The zero-order chi connectivity index (χ0) is 14.3. The van der Waals surface area contributed by atoms with Gasteiger partial charge in [0.1, 0.15) is 11.6 Å². The van der Waals surface area contributed by atoms with Crippen LogP contribution in [0.15, 0.2) is 34.1 Å². The summed E-state index contributed by atoms with van der Waals surface area (Å²) in [6.07, 6.45) is 0. The molecule has 0 aliphatic heterocycles. The van der Waals surface area contributed by atoms with Gasteiger partial charge in [0.15, 0.2) is 10.6 Å². The van der Waals surface area contributed by atoms with E-state index >= 15 is 0 Å². The number of hydrogen-bond acceptors (Lipinski definition) is 3. The molecule has 0 radical (unpaired) electrons. The Bertz CT molecular complexity index is 824. The molecule has 1 aromatic carbocycles. The van der Waals surface area contributed by atoms with Gasteiger partial charge in [0.25, 0.3) is 0 Å². The Balaban J connectivity index is 2.28. The lowest BCUT2D eigenvalue weighted by atomic mass is 10.3. The summed E-state index contributed by atoms with van der Waals surface area (Å²) in [4.78, 5) is 0.831. The molecule has 0 bridgehead atoms. The van der Waals surface area contributed by atoms with E-state index in [1.54, 1.807) is 0 Å². The van der Waals surface area contributed by atoms with Gasteiger partial charge in [-0.3, -0.25) is 9.67 Å². The van der Waals surface area contributed by atoms with Crippen LogP contribution in [-0.2, 0) is 0 Å². The number of hydrogen-bond donors (Lipinski definition) is 1. The summed E-state index contributed by atoms with van der Waals surface area (Å²) in [7, 11) is 0. The molecule has 0 aliphatic rings. The summed E-state index contributed by atoms with van der Waals surface area (Å²) >= 11 is 9.64. The second kappa shape index (κ2) is 5.19. The molecular formula is C12H6BrF2N3S2. The van der Waals surface area contributed by atoms with Crippen molar-refractivity contribution in [2.45, 2.75) is 0 Å². The van der Waals surface area contributed by atoms with Crippen LogP contribution in [0.2, 0.25) is 0 Å². The highest BCUT2D eigenvalue weighted by Crippen LogP contribution is 2.29. The Labute approximate surface area is 130 Å². The molecule has 3 nitrogen and oxygen atoms in total. The van der Waals surface area contributed by atoms with Crippen molar-refractivity contribution >= 4 is 39.5 Å². The third kappa shape index (κ3) is 2.23. The van der Waals surface area contributed by atoms with E-state index in [1.165, 1.54) is 22.0 Å². The Morgan fingerprint density at radius 1 is 1.30 bits per heavy atom. The van der Waals surface area contributed by atoms with E-state index in [1.807, 2.05) is 17.5 Å². The molecule has 8 heteroatoms. The Morgan fingerprint density at radius 2 is 2.10 bits per heavy atom. The predicted molar refractivity (Wildman–Crippen MR) is 79.7 cm³/mol. The van der Waals surface area contributed by atoms with E-state index in [0.29, 0.717) is 5.82 Å². The average Bonchev–Trinajstić information content (AvgIpc) is 3.03. The van der Waals surface area contributed by atoms with Gasteiger partial charge in [-0.05, 0) is 45.7 Å². The lowest BCUT2D eigenvalue weighted by Crippen LogP contribution is -2.01. The predicted octanol–water partition coefficient (Wildman–Crippen LogP) is 4.70. The molecule has 0 aliphatic carbocycles. The minimum Gasteiger partial charge on any atom is -0.264 e. The summed E-state index contributed by atoms with van der Waals surface area (Å²) in [5.41, 5.74) is 0.139. The van der Waals surface area contributed by atoms with E-state index in [2.05, 4.69) is 26.1 Å². The molecule has 102 valence electrons. The molecule has 0 saturated heterocycles. The zero-order valence-electron chi connectivity index (χ0n) is 9.73. The SMILES string of the molecule is Fc1cc(F)c(-n2c(-c3cccs3)n[nH]c2=S)cc1Br. The normalized spacial score (nSPS) is 10.9. The van der Waals surface area contributed by atoms with Crippen LogP contribution in [0.4, 0.5) is 8.78 Å². The Hall–Kier alpha value is -1.38. The molecule has 0 amide bonds. The van der Waals surface area contributed by atoms with E-state index in [4.69, 9.17) is 12.2 Å². The summed E-state index contributed by atoms with van der Waals surface area (Å²) in [6, 6.07) is 5.86. The van der Waals surface area contributed by atoms with E-state index in [-0.39, 0.29) is 14.9 Å². The summed E-state index contributed by atoms with van der Waals surface area (Å²) in [6.45, 7) is 0. The standard InChI is InChI=1S/C12H6BrF2N3S2/c13-6-4-9(8(15)5-7(6)14)18-11(16-17-12(18)19)10-2-1-3-20-10/h1-5H,(H,17,19). The molecule has 0 saturated carbocycles. The van der Waals surface area contributed by atoms with Gasteiger partial charge in [-0.2, -0.15) is 5.10 Å². The lowest BCUT2D eigenvalue weighted by Gasteiger charge is -2.08. The largest absolute Gasteiger partial charge is 0.264 e. The van der Waals surface area contributed by atoms with Crippen LogP contribution < -0.4 is 0 Å². The zero-order valence-corrected chi connectivity index (χ0v) is 13.0. The van der Waals surface area contributed by atoms with Crippen LogP contribution >= 0.6 is 39.5 Å². The second-order valence-electron chi connectivity index (χ2n) is 3.88. The number of rotatable bonds is 2. The molecule has 2 aromatic heterocycles. The highest BCUT2D eigenvalue weighted by molar-refractivity contribution is 9.10. The summed E-state index contributed by atoms with van der Waals surface area (Å²) in [5.74, 6) is -0.887. The maximum atomic E-state index is 14.0. The fourth-order valence-corrected chi connectivity index (χ4v) is 3.04. The highest BCUT2D eigenvalue weighted by Gasteiger charge is 2.16. The second-order valence-corrected chi connectivity index (χ2v) is 6.07. The van der Waals surface area contributed by atoms with Crippen molar-refractivity contribution in [1.29, 1.82) is 0 Å². The van der Waals surface area contributed by atoms with Gasteiger partial charge in [0.05, 0.1) is 15.0 Å². The number of halogens is 3. The van der Waals surface area contributed by atoms with Gasteiger partial charge in [-0.25, -0.2) is 8.78 Å². The summed E-state index contributed by atoms with van der Waals surface area (Å²) < 4.78 is 29.2. The third-order valence-electron chi connectivity index (χ3n) is 2.64. The number of nitrogens with zero attached hydrogens (tertiary/aromatic N) is 2. The Morgan fingerprint density at radius 3 is 2.80 bits per heavy atom. The first-order chi connectivity index (χ1) is 9.58. The van der Waals surface area contributed by atoms with Crippen molar-refractivity contribution < 1.29 is 8.78 Å². The fraction of sp³-hybridized carbons (Fsp3) is 0. The monoisotopic (exact) mass is 373 g/mol. The Kier molecular flexibility index (Phi) is 3.53. The lowest BCUT2D eigenvalue weighted by molar-refractivity contribution is 0.573. The van der Waals surface area contributed by atoms with E-state index in [0.717, 1.165) is 10.9 Å². The number of aromatic nitrogens is 3. The van der Waals surface area contributed by atoms with Crippen LogP contribution in [0.5, 0.6) is 0 Å². The first kappa shape index (κ1) is 13.6. The minimum atomic E-state index is -0.707. The first-order valence-corrected chi connectivity index (χ1v) is 7.52. The number of thiophene rings is 1. The van der Waals surface area contributed by atoms with Crippen molar-refractivity contribution in [2.75, 3.05) is 0 Å². The van der Waals surface area contributed by atoms with Crippen molar-refractivity contribution in [3.8, 4) is 16.4 Å². The number of H-pyrrole nitrogens is 1. The molecule has 0 unspecified atom stereocenters. The highest BCUT2D eigenvalue weighted by atomic mass is 79.9. The van der Waals surface area contributed by atoms with Crippen molar-refractivity contribution in [3.63, 3.8) is 0 Å². The smallest absolute Gasteiger partial charge is 0.200 e. The summed E-state index contributed by atoms with van der Waals surface area (Å²) in [5, 5.41) is 8.62. The topological polar surface area (TPSA) is 33.6 Å². The van der Waals surface area contributed by atoms with Gasteiger partial charge in [0.2, 0.25) is 0 Å². The molecule has 3 rings (SSSR count). The van der Waals surface area contributed by atoms with Crippen molar-refractivity contribution in [2.24, 2.45) is 0 Å². The van der Waals surface area contributed by atoms with Crippen molar-refractivity contribution in [1.82, 2.24) is 14.8 Å². The van der Waals surface area contributed by atoms with Gasteiger partial charge in [-0.15, -0.1) is 11.3 Å². The maximum Gasteiger partial charge on any atom is 0.200 e. The maximum absolute atomic E-state index is 14.0. The van der Waals surface area contributed by atoms with Crippen LogP contribution in [-0.4, -0.2) is 14.8 Å². The molecule has 2 heterocycles. The molecule has 0 atom stereocenters. The van der Waals surface area contributed by atoms with Crippen LogP contribution in [0.3, 0.4) is 0 Å². The van der Waals surface area contributed by atoms with Gasteiger partial charge < -0.3 is 0 Å². The van der Waals surface area contributed by atoms with Crippen LogP contribution in [0, 0.1) is 16.4 Å². The van der Waals surface area contributed by atoms with Gasteiger partial charge >= 0.3 is 0 Å². The number of aromatic amines is 1. The molecule has 0 spiro atoms. The van der Waals surface area contributed by atoms with Gasteiger partial charge in [0, 0.05) is 6.07 Å². The molecule has 3 aromatic rings. The molecular weight excluding hydrogens is 368 g/mol. The number of nitrogens with one attached hydrogen (secondary N) is 1. The fourth-order valence-electron chi connectivity index (χ4n) is 1.77. The van der Waals surface area contributed by atoms with Crippen molar-refractivity contribution in [3.05, 3.63) is 50.5 Å². The van der Waals surface area contributed by atoms with Crippen LogP contribution in [0.25, 0.3) is 16.4 Å².